The SMILES string of the molecule is [2H]c1c(C)[n+](C)c(-c2ccccc2C)c2ccc(CC(C)C)cc12. The Labute approximate surface area is 141 Å². The molecule has 0 N–H and O–H groups in total. The minimum atomic E-state index is 0.619. The number of benzene rings is 2. The third-order valence-electron chi connectivity index (χ3n) is 4.54. The van der Waals surface area contributed by atoms with E-state index in [9.17, 15) is 0 Å². The van der Waals surface area contributed by atoms with Crippen LogP contribution < -0.4 is 4.57 Å². The molecule has 1 heterocycles. The van der Waals surface area contributed by atoms with Crippen LogP contribution in [0.5, 0.6) is 0 Å². The first kappa shape index (κ1) is 14.4. The van der Waals surface area contributed by atoms with Gasteiger partial charge < -0.3 is 0 Å². The van der Waals surface area contributed by atoms with Gasteiger partial charge >= 0.3 is 0 Å². The monoisotopic (exact) mass is 305 g/mol. The average molecular weight is 305 g/mol. The lowest BCUT2D eigenvalue weighted by Crippen LogP contribution is -2.35. The van der Waals surface area contributed by atoms with E-state index in [1.807, 2.05) is 6.92 Å². The van der Waals surface area contributed by atoms with Crippen molar-refractivity contribution >= 4 is 10.8 Å². The molecule has 118 valence electrons. The van der Waals surface area contributed by atoms with Gasteiger partial charge in [-0.25, -0.2) is 0 Å². The van der Waals surface area contributed by atoms with Gasteiger partial charge in [0.05, 0.1) is 6.76 Å². The van der Waals surface area contributed by atoms with Gasteiger partial charge in [-0.05, 0) is 47.9 Å². The molecule has 0 bridgehead atoms. The van der Waals surface area contributed by atoms with E-state index >= 15 is 0 Å². The van der Waals surface area contributed by atoms with Crippen molar-refractivity contribution < 1.29 is 5.94 Å². The first-order valence-electron chi connectivity index (χ1n) is 8.88. The third kappa shape index (κ3) is 3.01. The van der Waals surface area contributed by atoms with E-state index in [4.69, 9.17) is 1.37 Å². The zero-order chi connectivity index (χ0) is 17.4. The Morgan fingerprint density at radius 3 is 2.52 bits per heavy atom. The van der Waals surface area contributed by atoms with Crippen molar-refractivity contribution in [1.29, 1.82) is 0 Å². The lowest BCUT2D eigenvalue weighted by Gasteiger charge is -2.11. The smallest absolute Gasteiger partial charge is 0.198 e. The molecule has 0 amide bonds. The van der Waals surface area contributed by atoms with Crippen LogP contribution in [0.15, 0.2) is 48.5 Å². The van der Waals surface area contributed by atoms with E-state index in [0.717, 1.165) is 22.9 Å². The molecule has 3 rings (SSSR count). The van der Waals surface area contributed by atoms with E-state index in [0.29, 0.717) is 12.0 Å². The average Bonchev–Trinajstić information content (AvgIpc) is 2.54. The summed E-state index contributed by atoms with van der Waals surface area (Å²) in [6.07, 6.45) is 1.05. The van der Waals surface area contributed by atoms with Crippen LogP contribution in [0.4, 0.5) is 0 Å². The Bertz CT molecular complexity index is 909. The highest BCUT2D eigenvalue weighted by molar-refractivity contribution is 5.94. The predicted molar refractivity (Wildman–Crippen MR) is 98.6 cm³/mol. The molecule has 1 heteroatoms. The van der Waals surface area contributed by atoms with Gasteiger partial charge in [-0.3, -0.25) is 0 Å². The Hall–Kier alpha value is -2.15. The maximum Gasteiger partial charge on any atom is 0.220 e. The summed E-state index contributed by atoms with van der Waals surface area (Å²) >= 11 is 0. The summed E-state index contributed by atoms with van der Waals surface area (Å²) in [4.78, 5) is 0. The van der Waals surface area contributed by atoms with Crippen molar-refractivity contribution in [3.05, 3.63) is 65.3 Å². The van der Waals surface area contributed by atoms with Crippen molar-refractivity contribution in [2.75, 3.05) is 0 Å². The standard InChI is InChI=1S/C22H26N/c1-15(2)12-18-10-11-21-19(14-18)13-17(4)23(5)22(21)20-9-7-6-8-16(20)3/h6-11,13-15H,12H2,1-5H3/q+1/i13D. The van der Waals surface area contributed by atoms with Gasteiger partial charge in [0.25, 0.3) is 0 Å². The molecule has 0 saturated heterocycles. The number of aromatic nitrogens is 1. The van der Waals surface area contributed by atoms with E-state index in [1.54, 1.807) is 0 Å². The molecule has 0 fully saturated rings. The first-order valence-corrected chi connectivity index (χ1v) is 8.38. The van der Waals surface area contributed by atoms with Crippen molar-refractivity contribution in [2.24, 2.45) is 13.0 Å². The highest BCUT2D eigenvalue weighted by atomic mass is 14.9. The third-order valence-corrected chi connectivity index (χ3v) is 4.54. The van der Waals surface area contributed by atoms with Gasteiger partial charge in [0.15, 0.2) is 5.69 Å². The number of pyridine rings is 1. The van der Waals surface area contributed by atoms with Crippen molar-refractivity contribution in [2.45, 2.75) is 34.1 Å². The topological polar surface area (TPSA) is 3.88 Å². The molecule has 0 unspecified atom stereocenters. The predicted octanol–water partition coefficient (Wildman–Crippen LogP) is 5.15. The summed E-state index contributed by atoms with van der Waals surface area (Å²) < 4.78 is 10.8. The maximum atomic E-state index is 8.60. The Morgan fingerprint density at radius 2 is 1.83 bits per heavy atom. The minimum Gasteiger partial charge on any atom is -0.198 e. The minimum absolute atomic E-state index is 0.619. The lowest BCUT2D eigenvalue weighted by molar-refractivity contribution is -0.665. The summed E-state index contributed by atoms with van der Waals surface area (Å²) in [5.74, 6) is 0.619. The molecule has 1 nitrogen and oxygen atoms in total. The van der Waals surface area contributed by atoms with Gasteiger partial charge in [0.1, 0.15) is 7.05 Å². The fraction of sp³-hybridized carbons (Fsp3) is 0.318. The highest BCUT2D eigenvalue weighted by Gasteiger charge is 2.19. The Kier molecular flexibility index (Phi) is 3.87. The molecule has 0 spiro atoms. The van der Waals surface area contributed by atoms with Crippen LogP contribution in [-0.4, -0.2) is 0 Å². The fourth-order valence-corrected chi connectivity index (χ4v) is 3.29. The number of hydrogen-bond acceptors (Lipinski definition) is 0. The van der Waals surface area contributed by atoms with E-state index < -0.39 is 0 Å². The van der Waals surface area contributed by atoms with Crippen LogP contribution in [0.3, 0.4) is 0 Å². The number of hydrogen-bond donors (Lipinski definition) is 0. The fourth-order valence-electron chi connectivity index (χ4n) is 3.29. The molecule has 0 atom stereocenters. The first-order chi connectivity index (χ1) is 11.4. The van der Waals surface area contributed by atoms with E-state index in [2.05, 4.69) is 74.9 Å². The molecule has 0 saturated carbocycles. The van der Waals surface area contributed by atoms with E-state index in [-0.39, 0.29) is 0 Å². The normalized spacial score (nSPS) is 12.0. The van der Waals surface area contributed by atoms with Crippen molar-refractivity contribution in [1.82, 2.24) is 0 Å². The van der Waals surface area contributed by atoms with Gasteiger partial charge in [-0.2, -0.15) is 4.57 Å². The summed E-state index contributed by atoms with van der Waals surface area (Å²) in [6.45, 7) is 8.67. The molecule has 0 aliphatic rings. The molecule has 2 aromatic carbocycles. The molecular formula is C22H26N+. The second kappa shape index (κ2) is 6.16. The molecule has 0 aliphatic heterocycles. The highest BCUT2D eigenvalue weighted by Crippen LogP contribution is 2.29. The second-order valence-corrected chi connectivity index (χ2v) is 6.91. The summed E-state index contributed by atoms with van der Waals surface area (Å²) in [6, 6.07) is 15.8. The van der Waals surface area contributed by atoms with Gasteiger partial charge in [0, 0.05) is 18.5 Å². The molecule has 0 radical (unpaired) electrons. The summed E-state index contributed by atoms with van der Waals surface area (Å²) in [7, 11) is 2.07. The van der Waals surface area contributed by atoms with Gasteiger partial charge in [-0.15, -0.1) is 0 Å². The summed E-state index contributed by atoms with van der Waals surface area (Å²) in [5, 5.41) is 2.22. The van der Waals surface area contributed by atoms with Crippen molar-refractivity contribution in [3.63, 3.8) is 0 Å². The molecular weight excluding hydrogens is 278 g/mol. The van der Waals surface area contributed by atoms with Crippen LogP contribution in [0, 0.1) is 19.8 Å². The number of rotatable bonds is 3. The largest absolute Gasteiger partial charge is 0.220 e. The summed E-state index contributed by atoms with van der Waals surface area (Å²) in [5.41, 5.74) is 6.02. The molecule has 3 aromatic rings. The molecule has 0 aliphatic carbocycles. The van der Waals surface area contributed by atoms with Gasteiger partial charge in [-0.1, -0.05) is 44.2 Å². The van der Waals surface area contributed by atoms with Crippen molar-refractivity contribution in [3.8, 4) is 11.3 Å². The number of aryl methyl sites for hydroxylation is 1. The number of fused-ring (bicyclic) bond motifs is 1. The van der Waals surface area contributed by atoms with Crippen LogP contribution >= 0.6 is 0 Å². The molecule has 23 heavy (non-hydrogen) atoms. The van der Waals surface area contributed by atoms with Crippen LogP contribution in [0.1, 0.15) is 32.0 Å². The van der Waals surface area contributed by atoms with E-state index in [1.165, 1.54) is 22.4 Å². The lowest BCUT2D eigenvalue weighted by atomic mass is 9.95. The second-order valence-electron chi connectivity index (χ2n) is 6.91. The van der Waals surface area contributed by atoms with Crippen LogP contribution in [0.2, 0.25) is 0 Å². The zero-order valence-corrected chi connectivity index (χ0v) is 14.8. The molecule has 1 aromatic heterocycles. The van der Waals surface area contributed by atoms with Crippen LogP contribution in [-0.2, 0) is 13.5 Å². The van der Waals surface area contributed by atoms with Gasteiger partial charge in [0.2, 0.25) is 5.69 Å². The maximum absolute atomic E-state index is 8.60. The van der Waals surface area contributed by atoms with Crippen LogP contribution in [0.25, 0.3) is 22.0 Å². The quantitative estimate of drug-likeness (QED) is 0.589. The number of nitrogens with zero attached hydrogens (tertiary/aromatic N) is 1. The Morgan fingerprint density at radius 1 is 1.09 bits per heavy atom. The Balaban J connectivity index is 2.35. The zero-order valence-electron chi connectivity index (χ0n) is 15.8.